The number of aryl methyl sites for hydroxylation is 1. The van der Waals surface area contributed by atoms with Crippen LogP contribution in [-0.2, 0) is 10.2 Å². The van der Waals surface area contributed by atoms with Crippen molar-refractivity contribution in [2.45, 2.75) is 63.5 Å². The van der Waals surface area contributed by atoms with Gasteiger partial charge >= 0.3 is 6.03 Å². The van der Waals surface area contributed by atoms with E-state index in [9.17, 15) is 18.7 Å². The molecular weight excluding hydrogens is 416 g/mol. The molecule has 1 saturated heterocycles. The fraction of sp³-hybridized carbons (Fsp3) is 0.500. The summed E-state index contributed by atoms with van der Waals surface area (Å²) in [5.41, 5.74) is 2.70. The van der Waals surface area contributed by atoms with Gasteiger partial charge in [-0.1, -0.05) is 13.8 Å². The molecule has 0 bridgehead atoms. The number of halogens is 2. The highest BCUT2D eigenvalue weighted by Gasteiger charge is 2.40. The Bertz CT molecular complexity index is 1020. The zero-order valence-corrected chi connectivity index (χ0v) is 18.5. The van der Waals surface area contributed by atoms with Crippen LogP contribution in [0.3, 0.4) is 0 Å². The lowest BCUT2D eigenvalue weighted by Crippen LogP contribution is -2.45. The van der Waals surface area contributed by atoms with E-state index in [-0.39, 0.29) is 5.92 Å². The Balaban J connectivity index is 1.59. The van der Waals surface area contributed by atoms with Gasteiger partial charge in [0.2, 0.25) is 0 Å². The smallest absolute Gasteiger partial charge is 0.319 e. The first kappa shape index (κ1) is 22.6. The number of hydrogen-bond donors (Lipinski definition) is 3. The highest BCUT2D eigenvalue weighted by molar-refractivity contribution is 5.90. The van der Waals surface area contributed by atoms with Crippen LogP contribution in [0.4, 0.5) is 19.3 Å². The van der Waals surface area contributed by atoms with Crippen LogP contribution in [0.15, 0.2) is 24.4 Å². The van der Waals surface area contributed by atoms with Crippen LogP contribution in [0.2, 0.25) is 0 Å². The van der Waals surface area contributed by atoms with E-state index in [1.165, 1.54) is 0 Å². The summed E-state index contributed by atoms with van der Waals surface area (Å²) in [6.07, 6.45) is 2.77. The quantitative estimate of drug-likeness (QED) is 0.651. The number of aliphatic hydroxyl groups excluding tert-OH is 1. The van der Waals surface area contributed by atoms with Gasteiger partial charge in [-0.25, -0.2) is 13.6 Å². The van der Waals surface area contributed by atoms with Crippen molar-refractivity contribution < 1.29 is 23.4 Å². The van der Waals surface area contributed by atoms with E-state index in [0.717, 1.165) is 36.2 Å². The van der Waals surface area contributed by atoms with Crippen LogP contribution in [-0.4, -0.2) is 35.4 Å². The molecule has 1 unspecified atom stereocenters. The molecule has 8 heteroatoms. The number of anilines is 1. The van der Waals surface area contributed by atoms with Gasteiger partial charge in [0.15, 0.2) is 11.6 Å². The van der Waals surface area contributed by atoms with Gasteiger partial charge in [0, 0.05) is 25.3 Å². The van der Waals surface area contributed by atoms with Crippen LogP contribution in [0, 0.1) is 18.6 Å². The maximum absolute atomic E-state index is 14.0. The van der Waals surface area contributed by atoms with Crippen molar-refractivity contribution in [1.82, 2.24) is 10.3 Å². The summed E-state index contributed by atoms with van der Waals surface area (Å²) in [5, 5.41) is 16.4. The van der Waals surface area contributed by atoms with E-state index in [0.29, 0.717) is 36.4 Å². The zero-order valence-electron chi connectivity index (χ0n) is 18.5. The molecule has 1 aliphatic carbocycles. The first-order valence-corrected chi connectivity index (χ1v) is 10.9. The summed E-state index contributed by atoms with van der Waals surface area (Å²) in [7, 11) is 0. The zero-order chi connectivity index (χ0) is 23.0. The van der Waals surface area contributed by atoms with E-state index in [1.54, 1.807) is 6.20 Å². The Morgan fingerprint density at radius 2 is 1.88 bits per heavy atom. The Morgan fingerprint density at radius 1 is 1.19 bits per heavy atom. The molecule has 4 rings (SSSR count). The summed E-state index contributed by atoms with van der Waals surface area (Å²) in [4.78, 5) is 17.5. The molecule has 1 aromatic carbocycles. The van der Waals surface area contributed by atoms with Crippen molar-refractivity contribution >= 4 is 11.7 Å². The Hall–Kier alpha value is -2.58. The van der Waals surface area contributed by atoms with Gasteiger partial charge in [-0.15, -0.1) is 0 Å². The number of carbonyl (C=O) groups excluding carboxylic acids is 1. The van der Waals surface area contributed by atoms with Crippen LogP contribution in [0.25, 0.3) is 0 Å². The highest BCUT2D eigenvalue weighted by atomic mass is 19.2. The molecule has 0 spiro atoms. The van der Waals surface area contributed by atoms with Gasteiger partial charge in [-0.2, -0.15) is 0 Å². The highest BCUT2D eigenvalue weighted by Crippen LogP contribution is 2.42. The molecule has 1 fully saturated rings. The summed E-state index contributed by atoms with van der Waals surface area (Å²) in [5.74, 6) is -1.77. The minimum atomic E-state index is -1.01. The van der Waals surface area contributed by atoms with Gasteiger partial charge in [-0.3, -0.25) is 4.98 Å². The third-order valence-corrected chi connectivity index (χ3v) is 6.46. The third kappa shape index (κ3) is 4.47. The molecule has 6 nitrogen and oxygen atoms in total. The molecule has 2 amide bonds. The molecule has 172 valence electrons. The second-order valence-corrected chi connectivity index (χ2v) is 9.42. The molecule has 2 heterocycles. The Morgan fingerprint density at radius 3 is 2.59 bits per heavy atom. The van der Waals surface area contributed by atoms with Crippen LogP contribution >= 0.6 is 0 Å². The van der Waals surface area contributed by atoms with Gasteiger partial charge < -0.3 is 20.5 Å². The molecule has 0 saturated carbocycles. The van der Waals surface area contributed by atoms with Gasteiger partial charge in [0.05, 0.1) is 23.5 Å². The second kappa shape index (κ2) is 8.75. The second-order valence-electron chi connectivity index (χ2n) is 9.42. The fourth-order valence-corrected chi connectivity index (χ4v) is 4.81. The predicted molar refractivity (Wildman–Crippen MR) is 117 cm³/mol. The van der Waals surface area contributed by atoms with Crippen LogP contribution in [0.1, 0.15) is 67.5 Å². The minimum Gasteiger partial charge on any atom is -0.391 e. The number of nitrogens with one attached hydrogen (secondary N) is 2. The lowest BCUT2D eigenvalue weighted by Gasteiger charge is -2.40. The van der Waals surface area contributed by atoms with Crippen molar-refractivity contribution in [1.29, 1.82) is 0 Å². The third-order valence-electron chi connectivity index (χ3n) is 6.46. The van der Waals surface area contributed by atoms with Gasteiger partial charge in [0.1, 0.15) is 0 Å². The average Bonchev–Trinajstić information content (AvgIpc) is 2.73. The maximum Gasteiger partial charge on any atom is 0.319 e. The number of ether oxygens (including phenoxy) is 1. The van der Waals surface area contributed by atoms with E-state index in [4.69, 9.17) is 4.74 Å². The first-order chi connectivity index (χ1) is 15.2. The maximum atomic E-state index is 14.0. The lowest BCUT2D eigenvalue weighted by molar-refractivity contribution is 0.0845. The summed E-state index contributed by atoms with van der Waals surface area (Å²) < 4.78 is 33.4. The molecule has 2 aliphatic rings. The SMILES string of the molecule is Cc1cnc(C2CCOCC2)c(NC(=O)NC2c3cc(F)c(F)cc3C(C)(C)C[C@H]2O)c1. The molecule has 1 aromatic heterocycles. The number of hydrogen-bond acceptors (Lipinski definition) is 4. The summed E-state index contributed by atoms with van der Waals surface area (Å²) in [6, 6.07) is 2.70. The van der Waals surface area contributed by atoms with E-state index >= 15 is 0 Å². The van der Waals surface area contributed by atoms with Crippen LogP contribution < -0.4 is 10.6 Å². The summed E-state index contributed by atoms with van der Waals surface area (Å²) in [6.45, 7) is 6.91. The molecule has 2 atom stereocenters. The molecule has 3 N–H and O–H groups in total. The molecule has 1 aliphatic heterocycles. The number of nitrogens with zero attached hydrogens (tertiary/aromatic N) is 1. The average molecular weight is 446 g/mol. The largest absolute Gasteiger partial charge is 0.391 e. The number of benzene rings is 1. The van der Waals surface area contributed by atoms with Crippen LogP contribution in [0.5, 0.6) is 0 Å². The Kier molecular flexibility index (Phi) is 6.18. The van der Waals surface area contributed by atoms with Gasteiger partial charge in [-0.05, 0) is 66.5 Å². The van der Waals surface area contributed by atoms with Crippen molar-refractivity contribution in [3.63, 3.8) is 0 Å². The van der Waals surface area contributed by atoms with E-state index < -0.39 is 35.2 Å². The lowest BCUT2D eigenvalue weighted by atomic mass is 9.69. The number of carbonyl (C=O) groups is 1. The number of fused-ring (bicyclic) bond motifs is 1. The number of pyridine rings is 1. The van der Waals surface area contributed by atoms with E-state index in [1.807, 2.05) is 26.8 Å². The number of aliphatic hydroxyl groups is 1. The van der Waals surface area contributed by atoms with Crippen molar-refractivity contribution in [3.8, 4) is 0 Å². The van der Waals surface area contributed by atoms with E-state index in [2.05, 4.69) is 15.6 Å². The normalized spacial score (nSPS) is 22.8. The standard InChI is InChI=1S/C24H29F2N3O3/c1-13-8-19(21(27-12-13)14-4-6-32-7-5-14)28-23(31)29-22-15-9-17(25)18(26)10-16(15)24(2,3)11-20(22)30/h8-10,12,14,20,22,30H,4-7,11H2,1-3H3,(H2,28,29,31)/t20-,22?/m1/s1. The first-order valence-electron chi connectivity index (χ1n) is 10.9. The topological polar surface area (TPSA) is 83.5 Å². The number of amides is 2. The van der Waals surface area contributed by atoms with Gasteiger partial charge in [0.25, 0.3) is 0 Å². The molecule has 0 radical (unpaired) electrons. The molecular formula is C24H29F2N3O3. The number of urea groups is 1. The van der Waals surface area contributed by atoms with Crippen molar-refractivity contribution in [3.05, 3.63) is 58.4 Å². The number of aromatic nitrogens is 1. The van der Waals surface area contributed by atoms with Crippen molar-refractivity contribution in [2.75, 3.05) is 18.5 Å². The molecule has 32 heavy (non-hydrogen) atoms. The Labute approximate surface area is 186 Å². The predicted octanol–water partition coefficient (Wildman–Crippen LogP) is 4.47. The monoisotopic (exact) mass is 445 g/mol. The fourth-order valence-electron chi connectivity index (χ4n) is 4.81. The number of rotatable bonds is 3. The molecule has 2 aromatic rings. The van der Waals surface area contributed by atoms with Crippen molar-refractivity contribution in [2.24, 2.45) is 0 Å². The minimum absolute atomic E-state index is 0.179. The summed E-state index contributed by atoms with van der Waals surface area (Å²) >= 11 is 0.